The molecule has 0 saturated carbocycles. The van der Waals surface area contributed by atoms with Crippen LogP contribution < -0.4 is 0 Å². The van der Waals surface area contributed by atoms with Crippen molar-refractivity contribution >= 4 is 16.8 Å². The number of hydrogen-bond acceptors (Lipinski definition) is 2. The van der Waals surface area contributed by atoms with Crippen molar-refractivity contribution in [1.29, 1.82) is 0 Å². The van der Waals surface area contributed by atoms with Crippen molar-refractivity contribution in [3.63, 3.8) is 0 Å². The van der Waals surface area contributed by atoms with Crippen LogP contribution in [-0.2, 0) is 6.54 Å². The molecule has 0 atom stereocenters. The Balaban J connectivity index is 1.82. The Bertz CT molecular complexity index is 1040. The highest BCUT2D eigenvalue weighted by Crippen LogP contribution is 2.25. The summed E-state index contributed by atoms with van der Waals surface area (Å²) < 4.78 is 15.1. The first-order valence-corrected chi connectivity index (χ1v) is 8.02. The smallest absolute Gasteiger partial charge is 0.182 e. The van der Waals surface area contributed by atoms with Gasteiger partial charge in [-0.3, -0.25) is 4.79 Å². The number of ketones is 1. The Morgan fingerprint density at radius 3 is 2.32 bits per heavy atom. The summed E-state index contributed by atoms with van der Waals surface area (Å²) in [4.78, 5) is 17.3. The molecule has 0 spiro atoms. The van der Waals surface area contributed by atoms with E-state index >= 15 is 0 Å². The van der Waals surface area contributed by atoms with Gasteiger partial charge in [-0.1, -0.05) is 42.5 Å². The monoisotopic (exact) mass is 330 g/mol. The van der Waals surface area contributed by atoms with Gasteiger partial charge in [-0.05, 0) is 36.4 Å². The molecule has 0 radical (unpaired) electrons. The van der Waals surface area contributed by atoms with E-state index < -0.39 is 0 Å². The molecule has 3 aromatic carbocycles. The van der Waals surface area contributed by atoms with Crippen LogP contribution in [0.4, 0.5) is 4.39 Å². The SMILES string of the molecule is O=C(Cn1c(-c2ccc(F)cc2)nc2ccccc21)c1ccccc1. The molecule has 0 fully saturated rings. The number of para-hydroxylation sites is 2. The molecule has 0 aliphatic heterocycles. The fourth-order valence-corrected chi connectivity index (χ4v) is 2.91. The van der Waals surface area contributed by atoms with E-state index in [9.17, 15) is 9.18 Å². The molecule has 0 saturated heterocycles. The van der Waals surface area contributed by atoms with Gasteiger partial charge in [-0.2, -0.15) is 0 Å². The van der Waals surface area contributed by atoms with Crippen molar-refractivity contribution in [3.8, 4) is 11.4 Å². The summed E-state index contributed by atoms with van der Waals surface area (Å²) in [6.45, 7) is 0.178. The largest absolute Gasteiger partial charge is 0.316 e. The van der Waals surface area contributed by atoms with Gasteiger partial charge in [0.2, 0.25) is 0 Å². The molecule has 0 N–H and O–H groups in total. The summed E-state index contributed by atoms with van der Waals surface area (Å²) in [6, 6.07) is 23.0. The average Bonchev–Trinajstić information content (AvgIpc) is 3.02. The fourth-order valence-electron chi connectivity index (χ4n) is 2.91. The van der Waals surface area contributed by atoms with Crippen molar-refractivity contribution in [2.24, 2.45) is 0 Å². The fraction of sp³-hybridized carbons (Fsp3) is 0.0476. The highest BCUT2D eigenvalue weighted by molar-refractivity contribution is 5.97. The molecule has 1 heterocycles. The quantitative estimate of drug-likeness (QED) is 0.507. The summed E-state index contributed by atoms with van der Waals surface area (Å²) in [6.07, 6.45) is 0. The molecule has 0 amide bonds. The van der Waals surface area contributed by atoms with Gasteiger partial charge in [0.25, 0.3) is 0 Å². The summed E-state index contributed by atoms with van der Waals surface area (Å²) in [7, 11) is 0. The maximum Gasteiger partial charge on any atom is 0.182 e. The molecule has 4 aromatic rings. The van der Waals surface area contributed by atoms with E-state index in [1.165, 1.54) is 12.1 Å². The third-order valence-electron chi connectivity index (χ3n) is 4.15. The van der Waals surface area contributed by atoms with Gasteiger partial charge in [0.1, 0.15) is 11.6 Å². The van der Waals surface area contributed by atoms with E-state index in [0.717, 1.165) is 16.6 Å². The lowest BCUT2D eigenvalue weighted by atomic mass is 10.1. The number of Topliss-reactive ketones (excluding diaryl/α,β-unsaturated/α-hetero) is 1. The van der Waals surface area contributed by atoms with E-state index in [4.69, 9.17) is 0 Å². The van der Waals surface area contributed by atoms with Crippen LogP contribution in [-0.4, -0.2) is 15.3 Å². The van der Waals surface area contributed by atoms with Crippen LogP contribution in [0.3, 0.4) is 0 Å². The van der Waals surface area contributed by atoms with Gasteiger partial charge in [-0.25, -0.2) is 9.37 Å². The number of aromatic nitrogens is 2. The van der Waals surface area contributed by atoms with Crippen molar-refractivity contribution in [2.75, 3.05) is 0 Å². The van der Waals surface area contributed by atoms with Crippen LogP contribution >= 0.6 is 0 Å². The van der Waals surface area contributed by atoms with Gasteiger partial charge in [-0.15, -0.1) is 0 Å². The minimum atomic E-state index is -0.299. The third kappa shape index (κ3) is 2.94. The molecule has 1 aromatic heterocycles. The highest BCUT2D eigenvalue weighted by atomic mass is 19.1. The second-order valence-corrected chi connectivity index (χ2v) is 5.81. The number of imidazole rings is 1. The Morgan fingerprint density at radius 2 is 1.56 bits per heavy atom. The number of halogens is 1. The second-order valence-electron chi connectivity index (χ2n) is 5.81. The van der Waals surface area contributed by atoms with Crippen LogP contribution in [0, 0.1) is 5.82 Å². The number of hydrogen-bond donors (Lipinski definition) is 0. The van der Waals surface area contributed by atoms with Crippen LogP contribution in [0.2, 0.25) is 0 Å². The standard InChI is InChI=1S/C21H15FN2O/c22-17-12-10-16(11-13-17)21-23-18-8-4-5-9-19(18)24(21)14-20(25)15-6-2-1-3-7-15/h1-13H,14H2. The molecule has 25 heavy (non-hydrogen) atoms. The minimum Gasteiger partial charge on any atom is -0.316 e. The number of benzene rings is 3. The first-order chi connectivity index (χ1) is 12.2. The molecule has 4 rings (SSSR count). The van der Waals surface area contributed by atoms with Gasteiger partial charge in [0, 0.05) is 11.1 Å². The average molecular weight is 330 g/mol. The summed E-state index contributed by atoms with van der Waals surface area (Å²) in [5, 5.41) is 0. The van der Waals surface area contributed by atoms with Crippen LogP contribution in [0.5, 0.6) is 0 Å². The predicted molar refractivity (Wildman–Crippen MR) is 95.9 cm³/mol. The molecule has 3 nitrogen and oxygen atoms in total. The van der Waals surface area contributed by atoms with E-state index in [1.807, 2.05) is 47.0 Å². The van der Waals surface area contributed by atoms with Crippen LogP contribution in [0.15, 0.2) is 78.9 Å². The zero-order valence-electron chi connectivity index (χ0n) is 13.4. The lowest BCUT2D eigenvalue weighted by molar-refractivity contribution is 0.0974. The summed E-state index contributed by atoms with van der Waals surface area (Å²) >= 11 is 0. The molecular weight excluding hydrogens is 315 g/mol. The first kappa shape index (κ1) is 15.3. The maximum absolute atomic E-state index is 13.3. The number of rotatable bonds is 4. The lowest BCUT2D eigenvalue weighted by Gasteiger charge is -2.09. The Morgan fingerprint density at radius 1 is 0.880 bits per heavy atom. The van der Waals surface area contributed by atoms with Gasteiger partial charge in [0.15, 0.2) is 5.78 Å². The van der Waals surface area contributed by atoms with Crippen LogP contribution in [0.1, 0.15) is 10.4 Å². The first-order valence-electron chi connectivity index (χ1n) is 8.02. The molecule has 0 unspecified atom stereocenters. The van der Waals surface area contributed by atoms with Gasteiger partial charge >= 0.3 is 0 Å². The summed E-state index contributed by atoms with van der Waals surface area (Å²) in [5.74, 6) is 0.365. The van der Waals surface area contributed by atoms with Gasteiger partial charge < -0.3 is 4.57 Å². The van der Waals surface area contributed by atoms with E-state index in [-0.39, 0.29) is 18.1 Å². The maximum atomic E-state index is 13.3. The minimum absolute atomic E-state index is 0.00659. The lowest BCUT2D eigenvalue weighted by Crippen LogP contribution is -2.11. The topological polar surface area (TPSA) is 34.9 Å². The van der Waals surface area contributed by atoms with Crippen molar-refractivity contribution in [3.05, 3.63) is 90.2 Å². The van der Waals surface area contributed by atoms with E-state index in [0.29, 0.717) is 11.4 Å². The molecule has 122 valence electrons. The second kappa shape index (κ2) is 6.32. The number of carbonyl (C=O) groups is 1. The molecule has 0 bridgehead atoms. The Labute approximate surface area is 144 Å². The molecule has 4 heteroatoms. The number of fused-ring (bicyclic) bond motifs is 1. The Kier molecular flexibility index (Phi) is 3.86. The predicted octanol–water partition coefficient (Wildman–Crippen LogP) is 4.73. The van der Waals surface area contributed by atoms with Crippen molar-refractivity contribution < 1.29 is 9.18 Å². The number of carbonyl (C=O) groups excluding carboxylic acids is 1. The zero-order chi connectivity index (χ0) is 17.2. The number of nitrogens with zero attached hydrogens (tertiary/aromatic N) is 2. The normalized spacial score (nSPS) is 10.9. The van der Waals surface area contributed by atoms with Gasteiger partial charge in [0.05, 0.1) is 17.6 Å². The zero-order valence-corrected chi connectivity index (χ0v) is 13.4. The summed E-state index contributed by atoms with van der Waals surface area (Å²) in [5.41, 5.74) is 3.12. The van der Waals surface area contributed by atoms with Crippen LogP contribution in [0.25, 0.3) is 22.4 Å². The van der Waals surface area contributed by atoms with E-state index in [2.05, 4.69) is 4.98 Å². The molecular formula is C21H15FN2O. The van der Waals surface area contributed by atoms with E-state index in [1.54, 1.807) is 24.3 Å². The Hall–Kier alpha value is -3.27. The van der Waals surface area contributed by atoms with Crippen molar-refractivity contribution in [1.82, 2.24) is 9.55 Å². The highest BCUT2D eigenvalue weighted by Gasteiger charge is 2.16. The van der Waals surface area contributed by atoms with Crippen molar-refractivity contribution in [2.45, 2.75) is 6.54 Å². The third-order valence-corrected chi connectivity index (χ3v) is 4.15. The molecule has 0 aliphatic carbocycles. The molecule has 0 aliphatic rings.